The number of benzene rings is 3. The number of pyridine rings is 1. The van der Waals surface area contributed by atoms with Gasteiger partial charge >= 0.3 is 0 Å². The van der Waals surface area contributed by atoms with Gasteiger partial charge in [0.2, 0.25) is 0 Å². The number of hydrogen-bond acceptors (Lipinski definition) is 4. The van der Waals surface area contributed by atoms with Crippen LogP contribution in [-0.2, 0) is 30.3 Å². The van der Waals surface area contributed by atoms with E-state index in [2.05, 4.69) is 69.3 Å². The number of aliphatic hydroxyl groups is 1. The van der Waals surface area contributed by atoms with Gasteiger partial charge in [0, 0.05) is 54.5 Å². The second-order valence-electron chi connectivity index (χ2n) is 12.5. The Labute approximate surface area is 276 Å². The number of allylic oxidation sites excluding steroid dienone is 2. The van der Waals surface area contributed by atoms with Crippen LogP contribution in [0.3, 0.4) is 0 Å². The van der Waals surface area contributed by atoms with E-state index >= 15 is 0 Å². The molecule has 1 N–H and O–H groups in total. The predicted octanol–water partition coefficient (Wildman–Crippen LogP) is 11.1. The summed E-state index contributed by atoms with van der Waals surface area (Å²) in [7, 11) is 0. The molecule has 1 radical (unpaired) electrons. The van der Waals surface area contributed by atoms with Gasteiger partial charge in [0.25, 0.3) is 0 Å². The Hall–Kier alpha value is -3.27. The van der Waals surface area contributed by atoms with E-state index in [0.717, 1.165) is 70.0 Å². The van der Waals surface area contributed by atoms with E-state index in [9.17, 15) is 9.90 Å². The number of aliphatic hydroxyl groups excluding tert-OH is 1. The smallest absolute Gasteiger partial charge is 0.162 e. The number of nitrogens with zero attached hydrogens (tertiary/aromatic N) is 1. The quantitative estimate of drug-likeness (QED) is 0.0970. The van der Waals surface area contributed by atoms with Crippen LogP contribution in [0.1, 0.15) is 85.5 Å². The summed E-state index contributed by atoms with van der Waals surface area (Å²) in [6.07, 6.45) is 4.91. The van der Waals surface area contributed by atoms with Gasteiger partial charge in [-0.1, -0.05) is 89.7 Å². The molecule has 0 saturated carbocycles. The van der Waals surface area contributed by atoms with Crippen LogP contribution in [0.4, 0.5) is 0 Å². The average Bonchev–Trinajstić information content (AvgIpc) is 3.39. The largest absolute Gasteiger partial charge is 0.512 e. The van der Waals surface area contributed by atoms with Crippen molar-refractivity contribution in [3.63, 3.8) is 0 Å². The molecular weight excluding hydrogens is 723 g/mol. The Balaban J connectivity index is 0.000000286. The summed E-state index contributed by atoms with van der Waals surface area (Å²) >= 11 is 0. The minimum absolute atomic E-state index is 0. The van der Waals surface area contributed by atoms with E-state index in [1.54, 1.807) is 0 Å². The van der Waals surface area contributed by atoms with E-state index in [-0.39, 0.29) is 48.9 Å². The molecule has 0 unspecified atom stereocenters. The number of para-hydroxylation sites is 1. The molecule has 0 fully saturated rings. The van der Waals surface area contributed by atoms with E-state index in [4.69, 9.17) is 9.40 Å². The van der Waals surface area contributed by atoms with Gasteiger partial charge in [-0.15, -0.1) is 29.1 Å². The van der Waals surface area contributed by atoms with E-state index < -0.39 is 0 Å². The van der Waals surface area contributed by atoms with Crippen LogP contribution in [0.2, 0.25) is 0 Å². The summed E-state index contributed by atoms with van der Waals surface area (Å²) in [4.78, 5) is 16.7. The second-order valence-corrected chi connectivity index (χ2v) is 12.5. The van der Waals surface area contributed by atoms with Crippen molar-refractivity contribution in [1.82, 2.24) is 4.98 Å². The number of aromatic nitrogens is 1. The van der Waals surface area contributed by atoms with E-state index in [0.29, 0.717) is 0 Å². The van der Waals surface area contributed by atoms with Crippen LogP contribution >= 0.6 is 0 Å². The molecule has 0 spiro atoms. The van der Waals surface area contributed by atoms with Crippen molar-refractivity contribution in [3.05, 3.63) is 89.9 Å². The molecule has 0 saturated heterocycles. The van der Waals surface area contributed by atoms with Gasteiger partial charge in [-0.25, -0.2) is 0 Å². The molecule has 0 amide bonds. The Morgan fingerprint density at radius 3 is 2.09 bits per heavy atom. The summed E-state index contributed by atoms with van der Waals surface area (Å²) in [5.74, 6) is 1.44. The van der Waals surface area contributed by atoms with Crippen molar-refractivity contribution in [2.75, 3.05) is 0 Å². The summed E-state index contributed by atoms with van der Waals surface area (Å²) in [6.45, 7) is 16.8. The van der Waals surface area contributed by atoms with Gasteiger partial charge in [0.1, 0.15) is 11.3 Å². The van der Waals surface area contributed by atoms with Gasteiger partial charge < -0.3 is 9.52 Å². The maximum absolute atomic E-state index is 11.7. The Bertz CT molecular complexity index is 1750. The van der Waals surface area contributed by atoms with Crippen LogP contribution in [0.15, 0.2) is 76.9 Å². The molecule has 0 bridgehead atoms. The minimum atomic E-state index is 0. The number of furan rings is 1. The third kappa shape index (κ3) is 7.68. The fourth-order valence-corrected chi connectivity index (χ4v) is 5.80. The standard InChI is InChI=1S/C26H22NO.C13H24O2.Ir/c1-16-13-21-24(27-23-12-8-7-11-20(23)25(21)28-16)18-14-17-9-5-6-10-19(17)22(15-18)26(2,3)4;1-5-10(6-2)12(14)9-13(15)11(7-3)8-4;/h5-13,15H,1-4H3;9-11,14H,5-8H2,1-4H3;/q-1;;/b;12-9-;. The third-order valence-corrected chi connectivity index (χ3v) is 8.41. The van der Waals surface area contributed by atoms with Crippen molar-refractivity contribution in [3.8, 4) is 11.3 Å². The molecule has 3 aromatic carbocycles. The normalized spacial score (nSPS) is 12.1. The number of carbonyl (C=O) groups excluding carboxylic acids is 1. The van der Waals surface area contributed by atoms with Gasteiger partial charge in [-0.3, -0.25) is 9.78 Å². The molecule has 0 atom stereocenters. The Morgan fingerprint density at radius 2 is 1.48 bits per heavy atom. The molecule has 235 valence electrons. The molecule has 5 aromatic rings. The monoisotopic (exact) mass is 769 g/mol. The van der Waals surface area contributed by atoms with Crippen LogP contribution < -0.4 is 0 Å². The zero-order chi connectivity index (χ0) is 31.3. The van der Waals surface area contributed by atoms with E-state index in [1.807, 2.05) is 52.8 Å². The summed E-state index contributed by atoms with van der Waals surface area (Å²) < 4.78 is 6.07. The summed E-state index contributed by atoms with van der Waals surface area (Å²) in [6, 6.07) is 24.6. The summed E-state index contributed by atoms with van der Waals surface area (Å²) in [5.41, 5.74) is 5.11. The molecule has 0 aliphatic heterocycles. The first-order valence-corrected chi connectivity index (χ1v) is 15.7. The molecule has 5 rings (SSSR count). The number of hydrogen-bond donors (Lipinski definition) is 1. The average molecular weight is 769 g/mol. The van der Waals surface area contributed by atoms with Crippen molar-refractivity contribution < 1.29 is 34.4 Å². The first-order valence-electron chi connectivity index (χ1n) is 15.7. The number of carbonyl (C=O) groups is 1. The maximum Gasteiger partial charge on any atom is 0.162 e. The molecule has 2 heterocycles. The molecule has 4 nitrogen and oxygen atoms in total. The number of ketones is 1. The van der Waals surface area contributed by atoms with Gasteiger partial charge in [-0.05, 0) is 56.2 Å². The SMILES string of the molecule is CCC(CC)C(=O)/C=C(\O)C(CC)CC.Cc1cc2c(-c3[c-]c4ccccc4c(C(C)(C)C)c3)nc3ccccc3c2o1.[Ir]. The van der Waals surface area contributed by atoms with Gasteiger partial charge in [0.15, 0.2) is 5.78 Å². The van der Waals surface area contributed by atoms with Crippen molar-refractivity contribution in [1.29, 1.82) is 0 Å². The minimum Gasteiger partial charge on any atom is -0.512 e. The fourth-order valence-electron chi connectivity index (χ4n) is 5.80. The molecular formula is C39H46IrNO3-. The fraction of sp³-hybridized carbons (Fsp3) is 0.385. The first kappa shape index (κ1) is 35.2. The zero-order valence-corrected chi connectivity index (χ0v) is 29.8. The van der Waals surface area contributed by atoms with Gasteiger partial charge in [0.05, 0.1) is 11.3 Å². The van der Waals surface area contributed by atoms with Crippen LogP contribution in [0.25, 0.3) is 43.9 Å². The molecule has 5 heteroatoms. The number of rotatable bonds is 8. The molecule has 2 aromatic heterocycles. The summed E-state index contributed by atoms with van der Waals surface area (Å²) in [5, 5.41) is 14.2. The predicted molar refractivity (Wildman–Crippen MR) is 181 cm³/mol. The second kappa shape index (κ2) is 15.1. The molecule has 0 aliphatic rings. The number of fused-ring (bicyclic) bond motifs is 4. The first-order chi connectivity index (χ1) is 20.5. The topological polar surface area (TPSA) is 63.3 Å². The van der Waals surface area contributed by atoms with Crippen LogP contribution in [0.5, 0.6) is 0 Å². The molecule has 0 aliphatic carbocycles. The van der Waals surface area contributed by atoms with E-state index in [1.165, 1.54) is 17.0 Å². The molecule has 44 heavy (non-hydrogen) atoms. The van der Waals surface area contributed by atoms with Crippen molar-refractivity contribution in [2.45, 2.75) is 86.5 Å². The van der Waals surface area contributed by atoms with Crippen LogP contribution in [-0.4, -0.2) is 15.9 Å². The number of aryl methyl sites for hydroxylation is 1. The third-order valence-electron chi connectivity index (χ3n) is 8.41. The Kier molecular flexibility index (Phi) is 12.1. The van der Waals surface area contributed by atoms with Crippen LogP contribution in [0, 0.1) is 24.8 Å². The van der Waals surface area contributed by atoms with Crippen molar-refractivity contribution >= 4 is 38.4 Å². The van der Waals surface area contributed by atoms with Gasteiger partial charge in [-0.2, -0.15) is 0 Å². The Morgan fingerprint density at radius 1 is 0.886 bits per heavy atom. The zero-order valence-electron chi connectivity index (χ0n) is 27.4. The maximum atomic E-state index is 11.7. The van der Waals surface area contributed by atoms with Crippen molar-refractivity contribution in [2.24, 2.45) is 11.8 Å².